The van der Waals surface area contributed by atoms with Crippen molar-refractivity contribution in [1.82, 2.24) is 4.98 Å². The molecule has 2 unspecified atom stereocenters. The van der Waals surface area contributed by atoms with Crippen LogP contribution in [0.15, 0.2) is 18.5 Å². The van der Waals surface area contributed by atoms with Crippen LogP contribution in [0.2, 0.25) is 0 Å². The van der Waals surface area contributed by atoms with Gasteiger partial charge in [-0.05, 0) is 24.5 Å². The Hall–Kier alpha value is -1.42. The first-order valence-corrected chi connectivity index (χ1v) is 4.96. The summed E-state index contributed by atoms with van der Waals surface area (Å²) in [5.41, 5.74) is -0.453. The number of nitrogens with zero attached hydrogens (tertiary/aromatic N) is 1. The molecule has 1 aromatic heterocycles. The van der Waals surface area contributed by atoms with Gasteiger partial charge in [-0.1, -0.05) is 6.92 Å². The summed E-state index contributed by atoms with van der Waals surface area (Å²) in [5, 5.41) is 19.4. The molecule has 0 bridgehead atoms. The third kappa shape index (κ3) is 1.33. The molecular weight excluding hydrogens is 194 g/mol. The number of aliphatic carboxylic acids is 1. The van der Waals surface area contributed by atoms with E-state index in [0.29, 0.717) is 12.0 Å². The summed E-state index contributed by atoms with van der Waals surface area (Å²) in [6.45, 7) is 1.75. The van der Waals surface area contributed by atoms with Gasteiger partial charge in [-0.25, -0.2) is 4.79 Å². The summed E-state index contributed by atoms with van der Waals surface area (Å²) in [6, 6.07) is 1.77. The lowest BCUT2D eigenvalue weighted by Crippen LogP contribution is -2.45. The summed E-state index contributed by atoms with van der Waals surface area (Å²) < 4.78 is 0. The van der Waals surface area contributed by atoms with Crippen molar-refractivity contribution in [3.8, 4) is 0 Å². The van der Waals surface area contributed by atoms with Crippen LogP contribution in [0, 0.1) is 5.92 Å². The lowest BCUT2D eigenvalue weighted by molar-refractivity contribution is -0.167. The number of fused-ring (bicyclic) bond motifs is 1. The average molecular weight is 207 g/mol. The fourth-order valence-corrected chi connectivity index (χ4v) is 2.16. The predicted molar refractivity (Wildman–Crippen MR) is 53.3 cm³/mol. The third-order valence-electron chi connectivity index (χ3n) is 3.21. The van der Waals surface area contributed by atoms with Gasteiger partial charge in [0.15, 0.2) is 5.60 Å². The molecule has 2 rings (SSSR count). The second kappa shape index (κ2) is 3.31. The topological polar surface area (TPSA) is 70.4 Å². The zero-order chi connectivity index (χ0) is 11.1. The van der Waals surface area contributed by atoms with E-state index in [9.17, 15) is 9.90 Å². The zero-order valence-electron chi connectivity index (χ0n) is 8.47. The number of aromatic nitrogens is 1. The Morgan fingerprint density at radius 3 is 3.07 bits per heavy atom. The van der Waals surface area contributed by atoms with Gasteiger partial charge < -0.3 is 10.2 Å². The molecule has 80 valence electrons. The monoisotopic (exact) mass is 207 g/mol. The second-order valence-corrected chi connectivity index (χ2v) is 4.04. The standard InChI is InChI=1S/C11H13NO3/c1-7-2-3-8-4-5-12-6-9(8)11(7,15)10(13)14/h4-7,15H,2-3H2,1H3,(H,13,14). The van der Waals surface area contributed by atoms with Gasteiger partial charge in [0.1, 0.15) is 0 Å². The van der Waals surface area contributed by atoms with Gasteiger partial charge >= 0.3 is 5.97 Å². The van der Waals surface area contributed by atoms with E-state index in [0.717, 1.165) is 12.0 Å². The van der Waals surface area contributed by atoms with E-state index in [2.05, 4.69) is 4.98 Å². The van der Waals surface area contributed by atoms with Crippen LogP contribution < -0.4 is 0 Å². The van der Waals surface area contributed by atoms with Crippen molar-refractivity contribution in [2.75, 3.05) is 0 Å². The smallest absolute Gasteiger partial charge is 0.340 e. The van der Waals surface area contributed by atoms with E-state index in [-0.39, 0.29) is 5.92 Å². The molecule has 1 aliphatic carbocycles. The molecule has 2 atom stereocenters. The number of rotatable bonds is 1. The number of pyridine rings is 1. The molecule has 0 radical (unpaired) electrons. The van der Waals surface area contributed by atoms with E-state index in [1.54, 1.807) is 19.2 Å². The number of hydrogen-bond donors (Lipinski definition) is 2. The number of aliphatic hydroxyl groups is 1. The second-order valence-electron chi connectivity index (χ2n) is 4.04. The van der Waals surface area contributed by atoms with E-state index in [1.807, 2.05) is 0 Å². The van der Waals surface area contributed by atoms with Gasteiger partial charge in [0.2, 0.25) is 0 Å². The summed E-state index contributed by atoms with van der Waals surface area (Å²) in [6.07, 6.45) is 4.56. The van der Waals surface area contributed by atoms with Gasteiger partial charge in [0.05, 0.1) is 0 Å². The largest absolute Gasteiger partial charge is 0.479 e. The predicted octanol–water partition coefficient (Wildman–Crippen LogP) is 0.936. The van der Waals surface area contributed by atoms with Crippen molar-refractivity contribution < 1.29 is 15.0 Å². The first kappa shape index (κ1) is 10.1. The van der Waals surface area contributed by atoms with Crippen molar-refractivity contribution in [3.05, 3.63) is 29.6 Å². The maximum Gasteiger partial charge on any atom is 0.340 e. The summed E-state index contributed by atoms with van der Waals surface area (Å²) in [7, 11) is 0. The molecule has 1 heterocycles. The first-order chi connectivity index (χ1) is 7.06. The maximum absolute atomic E-state index is 11.2. The molecule has 0 aliphatic heterocycles. The number of hydrogen-bond acceptors (Lipinski definition) is 3. The highest BCUT2D eigenvalue weighted by Crippen LogP contribution is 2.39. The van der Waals surface area contributed by atoms with Crippen molar-refractivity contribution in [3.63, 3.8) is 0 Å². The van der Waals surface area contributed by atoms with Crippen molar-refractivity contribution >= 4 is 5.97 Å². The number of carboxylic acids is 1. The lowest BCUT2D eigenvalue weighted by atomic mass is 9.73. The number of carboxylic acid groups (broad SMARTS) is 1. The van der Waals surface area contributed by atoms with Crippen LogP contribution in [0.1, 0.15) is 24.5 Å². The molecule has 0 saturated heterocycles. The molecule has 4 heteroatoms. The van der Waals surface area contributed by atoms with Crippen LogP contribution in [0.4, 0.5) is 0 Å². The Labute approximate surface area is 87.6 Å². The maximum atomic E-state index is 11.2. The third-order valence-corrected chi connectivity index (χ3v) is 3.21. The van der Waals surface area contributed by atoms with Gasteiger partial charge in [-0.15, -0.1) is 0 Å². The van der Waals surface area contributed by atoms with Crippen molar-refractivity contribution in [2.24, 2.45) is 5.92 Å². The van der Waals surface area contributed by atoms with Crippen LogP contribution in [0.3, 0.4) is 0 Å². The fourth-order valence-electron chi connectivity index (χ4n) is 2.16. The van der Waals surface area contributed by atoms with Crippen LogP contribution >= 0.6 is 0 Å². The molecular formula is C11H13NO3. The van der Waals surface area contributed by atoms with Gasteiger partial charge in [0, 0.05) is 23.9 Å². The number of aryl methyl sites for hydroxylation is 1. The molecule has 0 aromatic carbocycles. The Bertz CT molecular complexity index is 405. The highest BCUT2D eigenvalue weighted by Gasteiger charge is 2.47. The summed E-state index contributed by atoms with van der Waals surface area (Å²) in [5.74, 6) is -1.48. The highest BCUT2D eigenvalue weighted by atomic mass is 16.4. The molecule has 0 fully saturated rings. The Kier molecular flexibility index (Phi) is 2.23. The summed E-state index contributed by atoms with van der Waals surface area (Å²) >= 11 is 0. The quantitative estimate of drug-likeness (QED) is 0.718. The lowest BCUT2D eigenvalue weighted by Gasteiger charge is -2.35. The normalized spacial score (nSPS) is 29.6. The summed E-state index contributed by atoms with van der Waals surface area (Å²) in [4.78, 5) is 15.1. The van der Waals surface area contributed by atoms with Crippen molar-refractivity contribution in [1.29, 1.82) is 0 Å². The molecule has 15 heavy (non-hydrogen) atoms. The molecule has 0 spiro atoms. The van der Waals surface area contributed by atoms with E-state index in [1.165, 1.54) is 6.20 Å². The van der Waals surface area contributed by atoms with Gasteiger partial charge in [0.25, 0.3) is 0 Å². The zero-order valence-corrected chi connectivity index (χ0v) is 8.47. The first-order valence-electron chi connectivity index (χ1n) is 4.96. The van der Waals surface area contributed by atoms with Crippen LogP contribution in [-0.2, 0) is 16.8 Å². The Morgan fingerprint density at radius 1 is 1.67 bits per heavy atom. The highest BCUT2D eigenvalue weighted by molar-refractivity contribution is 5.80. The minimum absolute atomic E-state index is 0.285. The fraction of sp³-hybridized carbons (Fsp3) is 0.455. The Balaban J connectivity index is 2.60. The minimum Gasteiger partial charge on any atom is -0.479 e. The van der Waals surface area contributed by atoms with Crippen molar-refractivity contribution in [2.45, 2.75) is 25.4 Å². The van der Waals surface area contributed by atoms with E-state index >= 15 is 0 Å². The molecule has 0 saturated carbocycles. The van der Waals surface area contributed by atoms with Crippen LogP contribution in [0.5, 0.6) is 0 Å². The van der Waals surface area contributed by atoms with E-state index < -0.39 is 11.6 Å². The van der Waals surface area contributed by atoms with Crippen LogP contribution in [-0.4, -0.2) is 21.2 Å². The Morgan fingerprint density at radius 2 is 2.40 bits per heavy atom. The van der Waals surface area contributed by atoms with Crippen LogP contribution in [0.25, 0.3) is 0 Å². The number of carbonyl (C=O) groups is 1. The van der Waals surface area contributed by atoms with Gasteiger partial charge in [-0.2, -0.15) is 0 Å². The minimum atomic E-state index is -1.78. The molecule has 4 nitrogen and oxygen atoms in total. The average Bonchev–Trinajstić information content (AvgIpc) is 2.23. The SMILES string of the molecule is CC1CCc2ccncc2C1(O)C(=O)O. The molecule has 2 N–H and O–H groups in total. The molecule has 1 aromatic rings. The van der Waals surface area contributed by atoms with E-state index in [4.69, 9.17) is 5.11 Å². The molecule has 1 aliphatic rings. The molecule has 0 amide bonds. The van der Waals surface area contributed by atoms with Gasteiger partial charge in [-0.3, -0.25) is 4.98 Å².